The van der Waals surface area contributed by atoms with Gasteiger partial charge in [0.05, 0.1) is 39.6 Å². The number of rotatable bonds is 28. The Balaban J connectivity index is 3.22. The lowest BCUT2D eigenvalue weighted by atomic mass is 10.0. The number of hydrogen-bond donors (Lipinski definition) is 1. The predicted octanol–water partition coefficient (Wildman–Crippen LogP) is 7.37. The SMILES string of the molecule is CCCCCCCCCCCCCCCCCC(=O)OCCOCCOCCOCCNC(=O)OC(C)(C)C. The Morgan fingerprint density at radius 3 is 1.44 bits per heavy atom. The molecular formula is C31H61NO7. The summed E-state index contributed by atoms with van der Waals surface area (Å²) in [6.07, 6.45) is 19.8. The molecule has 0 saturated heterocycles. The summed E-state index contributed by atoms with van der Waals surface area (Å²) in [6.45, 7) is 10.9. The molecule has 0 fully saturated rings. The van der Waals surface area contributed by atoms with Gasteiger partial charge in [-0.3, -0.25) is 4.79 Å². The Labute approximate surface area is 239 Å². The van der Waals surface area contributed by atoms with Gasteiger partial charge in [0.2, 0.25) is 0 Å². The van der Waals surface area contributed by atoms with E-state index in [4.69, 9.17) is 23.7 Å². The lowest BCUT2D eigenvalue weighted by Gasteiger charge is -2.19. The number of ether oxygens (including phenoxy) is 5. The van der Waals surface area contributed by atoms with Gasteiger partial charge in [-0.05, 0) is 27.2 Å². The Morgan fingerprint density at radius 2 is 0.974 bits per heavy atom. The van der Waals surface area contributed by atoms with Gasteiger partial charge in [-0.25, -0.2) is 4.79 Å². The molecule has 0 aromatic heterocycles. The van der Waals surface area contributed by atoms with Crippen LogP contribution in [-0.2, 0) is 28.5 Å². The van der Waals surface area contributed by atoms with Crippen molar-refractivity contribution in [2.45, 2.75) is 136 Å². The van der Waals surface area contributed by atoms with Gasteiger partial charge in [0.25, 0.3) is 0 Å². The second kappa shape index (κ2) is 28.2. The summed E-state index contributed by atoms with van der Waals surface area (Å²) in [6, 6.07) is 0. The minimum atomic E-state index is -0.506. The fraction of sp³-hybridized carbons (Fsp3) is 0.935. The van der Waals surface area contributed by atoms with Gasteiger partial charge in [-0.15, -0.1) is 0 Å². The van der Waals surface area contributed by atoms with Crippen LogP contribution in [-0.4, -0.2) is 70.5 Å². The Kier molecular flexibility index (Phi) is 27.2. The second-order valence-electron chi connectivity index (χ2n) is 11.2. The maximum atomic E-state index is 11.8. The van der Waals surface area contributed by atoms with E-state index < -0.39 is 11.7 Å². The fourth-order valence-electron chi connectivity index (χ4n) is 4.01. The van der Waals surface area contributed by atoms with Gasteiger partial charge in [0.1, 0.15) is 12.2 Å². The number of esters is 1. The van der Waals surface area contributed by atoms with Crippen LogP contribution in [0, 0.1) is 0 Å². The summed E-state index contributed by atoms with van der Waals surface area (Å²) in [5.41, 5.74) is -0.506. The molecule has 1 N–H and O–H groups in total. The average molecular weight is 560 g/mol. The Bertz CT molecular complexity index is 552. The van der Waals surface area contributed by atoms with E-state index in [-0.39, 0.29) is 12.6 Å². The van der Waals surface area contributed by atoms with Crippen LogP contribution in [0.3, 0.4) is 0 Å². The third-order valence-electron chi connectivity index (χ3n) is 6.13. The molecule has 232 valence electrons. The molecule has 0 spiro atoms. The van der Waals surface area contributed by atoms with E-state index in [1.807, 2.05) is 20.8 Å². The smallest absolute Gasteiger partial charge is 0.407 e. The van der Waals surface area contributed by atoms with Crippen molar-refractivity contribution in [3.63, 3.8) is 0 Å². The van der Waals surface area contributed by atoms with Gasteiger partial charge >= 0.3 is 12.1 Å². The van der Waals surface area contributed by atoms with Crippen molar-refractivity contribution in [3.8, 4) is 0 Å². The van der Waals surface area contributed by atoms with Crippen LogP contribution in [0.2, 0.25) is 0 Å². The van der Waals surface area contributed by atoms with Crippen LogP contribution in [0.4, 0.5) is 4.79 Å². The highest BCUT2D eigenvalue weighted by Crippen LogP contribution is 2.14. The van der Waals surface area contributed by atoms with Crippen LogP contribution < -0.4 is 5.32 Å². The van der Waals surface area contributed by atoms with Gasteiger partial charge in [-0.2, -0.15) is 0 Å². The first-order chi connectivity index (χ1) is 18.8. The first-order valence-corrected chi connectivity index (χ1v) is 15.7. The summed E-state index contributed by atoms with van der Waals surface area (Å²) in [5, 5.41) is 2.63. The molecule has 0 aromatic rings. The van der Waals surface area contributed by atoms with Crippen molar-refractivity contribution in [1.82, 2.24) is 5.32 Å². The molecule has 0 radical (unpaired) electrons. The second-order valence-corrected chi connectivity index (χ2v) is 11.2. The maximum Gasteiger partial charge on any atom is 0.407 e. The number of carbonyl (C=O) groups excluding carboxylic acids is 2. The van der Waals surface area contributed by atoms with E-state index in [9.17, 15) is 9.59 Å². The first kappa shape index (κ1) is 37.6. The van der Waals surface area contributed by atoms with Crippen molar-refractivity contribution in [2.24, 2.45) is 0 Å². The van der Waals surface area contributed by atoms with Gasteiger partial charge in [0.15, 0.2) is 0 Å². The monoisotopic (exact) mass is 559 g/mol. The van der Waals surface area contributed by atoms with Crippen molar-refractivity contribution in [2.75, 3.05) is 52.8 Å². The molecule has 0 aliphatic carbocycles. The van der Waals surface area contributed by atoms with Crippen LogP contribution in [0.1, 0.15) is 130 Å². The Hall–Kier alpha value is -1.38. The van der Waals surface area contributed by atoms with Gasteiger partial charge in [-0.1, -0.05) is 96.8 Å². The summed E-state index contributed by atoms with van der Waals surface area (Å²) >= 11 is 0. The zero-order chi connectivity index (χ0) is 28.9. The number of amides is 1. The third kappa shape index (κ3) is 32.7. The van der Waals surface area contributed by atoms with E-state index in [2.05, 4.69) is 12.2 Å². The minimum absolute atomic E-state index is 0.136. The first-order valence-electron chi connectivity index (χ1n) is 15.7. The highest BCUT2D eigenvalue weighted by atomic mass is 16.6. The van der Waals surface area contributed by atoms with Crippen LogP contribution in [0.15, 0.2) is 0 Å². The van der Waals surface area contributed by atoms with Crippen molar-refractivity contribution in [3.05, 3.63) is 0 Å². The molecule has 0 bridgehead atoms. The van der Waals surface area contributed by atoms with Crippen LogP contribution in [0.5, 0.6) is 0 Å². The Morgan fingerprint density at radius 1 is 0.564 bits per heavy atom. The number of hydrogen-bond acceptors (Lipinski definition) is 7. The van der Waals surface area contributed by atoms with Gasteiger partial charge < -0.3 is 29.0 Å². The molecule has 0 atom stereocenters. The summed E-state index contributed by atoms with van der Waals surface area (Å²) < 4.78 is 26.6. The zero-order valence-corrected chi connectivity index (χ0v) is 25.8. The summed E-state index contributed by atoms with van der Waals surface area (Å²) in [4.78, 5) is 23.3. The standard InChI is InChI=1S/C31H61NO7/c1-5-6-7-8-9-10-11-12-13-14-15-16-17-18-19-20-29(33)38-28-27-37-26-25-36-24-23-35-22-21-32-30(34)39-31(2,3)4/h5-28H2,1-4H3,(H,32,34). The molecule has 39 heavy (non-hydrogen) atoms. The number of nitrogens with one attached hydrogen (secondary N) is 1. The zero-order valence-electron chi connectivity index (χ0n) is 25.8. The van der Waals surface area contributed by atoms with Crippen molar-refractivity contribution >= 4 is 12.1 Å². The highest BCUT2D eigenvalue weighted by Gasteiger charge is 2.15. The van der Waals surface area contributed by atoms with E-state index in [0.29, 0.717) is 52.6 Å². The number of alkyl carbamates (subject to hydrolysis) is 1. The molecule has 0 saturated carbocycles. The summed E-state index contributed by atoms with van der Waals surface area (Å²) in [5.74, 6) is -0.136. The number of unbranched alkanes of at least 4 members (excludes halogenated alkanes) is 14. The van der Waals surface area contributed by atoms with E-state index in [1.165, 1.54) is 83.5 Å². The predicted molar refractivity (Wildman–Crippen MR) is 157 cm³/mol. The molecule has 0 aliphatic heterocycles. The molecule has 1 amide bonds. The average Bonchev–Trinajstić information content (AvgIpc) is 2.88. The molecule has 0 heterocycles. The topological polar surface area (TPSA) is 92.3 Å². The van der Waals surface area contributed by atoms with Crippen LogP contribution in [0.25, 0.3) is 0 Å². The highest BCUT2D eigenvalue weighted by molar-refractivity contribution is 5.69. The van der Waals surface area contributed by atoms with E-state index in [0.717, 1.165) is 12.8 Å². The third-order valence-corrected chi connectivity index (χ3v) is 6.13. The molecule has 8 heteroatoms. The molecule has 0 aromatic carbocycles. The van der Waals surface area contributed by atoms with E-state index in [1.54, 1.807) is 0 Å². The van der Waals surface area contributed by atoms with Crippen molar-refractivity contribution in [1.29, 1.82) is 0 Å². The molecule has 8 nitrogen and oxygen atoms in total. The van der Waals surface area contributed by atoms with E-state index >= 15 is 0 Å². The molecule has 0 unspecified atom stereocenters. The molecule has 0 aliphatic rings. The number of carbonyl (C=O) groups is 2. The minimum Gasteiger partial charge on any atom is -0.463 e. The largest absolute Gasteiger partial charge is 0.463 e. The van der Waals surface area contributed by atoms with Gasteiger partial charge in [0, 0.05) is 13.0 Å². The maximum absolute atomic E-state index is 11.8. The normalized spacial score (nSPS) is 11.5. The lowest BCUT2D eigenvalue weighted by Crippen LogP contribution is -2.34. The lowest BCUT2D eigenvalue weighted by molar-refractivity contribution is -0.145. The summed E-state index contributed by atoms with van der Waals surface area (Å²) in [7, 11) is 0. The quantitative estimate of drug-likeness (QED) is 0.0790. The fourth-order valence-corrected chi connectivity index (χ4v) is 4.01. The van der Waals surface area contributed by atoms with Crippen molar-refractivity contribution < 1.29 is 33.3 Å². The van der Waals surface area contributed by atoms with Crippen LogP contribution >= 0.6 is 0 Å². The molecular weight excluding hydrogens is 498 g/mol. The molecule has 0 rings (SSSR count).